The number of aliphatic hydroxyl groups excluding tert-OH is 2. The van der Waals surface area contributed by atoms with Crippen molar-refractivity contribution in [3.63, 3.8) is 0 Å². The van der Waals surface area contributed by atoms with Gasteiger partial charge in [-0.25, -0.2) is 0 Å². The molecule has 0 aliphatic carbocycles. The van der Waals surface area contributed by atoms with Crippen molar-refractivity contribution < 1.29 is 22.8 Å². The van der Waals surface area contributed by atoms with E-state index >= 15 is 0 Å². The first kappa shape index (κ1) is 14.6. The molecule has 0 saturated heterocycles. The maximum Gasteiger partial charge on any atom is 0.304 e. The Morgan fingerprint density at radius 1 is 1.07 bits per heavy atom. The van der Waals surface area contributed by atoms with Crippen molar-refractivity contribution in [3.8, 4) is 0 Å². The van der Waals surface area contributed by atoms with Crippen molar-refractivity contribution in [2.24, 2.45) is 0 Å². The van der Waals surface area contributed by atoms with Crippen molar-refractivity contribution in [3.05, 3.63) is 0 Å². The van der Waals surface area contributed by atoms with Crippen molar-refractivity contribution >= 4 is 34.6 Å². The number of halogens is 2. The predicted octanol–water partition coefficient (Wildman–Crippen LogP) is -0.202. The second kappa shape index (κ2) is 8.84. The minimum atomic E-state index is -2.00. The van der Waals surface area contributed by atoms with Crippen molar-refractivity contribution in [2.75, 3.05) is 25.0 Å². The van der Waals surface area contributed by atoms with Gasteiger partial charge in [-0.1, -0.05) is 0 Å². The summed E-state index contributed by atoms with van der Waals surface area (Å²) in [5, 5.41) is 17.8. The van der Waals surface area contributed by atoms with Gasteiger partial charge in [0.1, 0.15) is 0 Å². The fraction of sp³-hybridized carbons (Fsp3) is 1.00. The zero-order valence-electron chi connectivity index (χ0n) is 7.27. The molecule has 0 saturated carbocycles. The molecule has 0 heterocycles. The molecular weight excluding hydrogens is 255 g/mol. The summed E-state index contributed by atoms with van der Waals surface area (Å²) in [6.07, 6.45) is -1.77. The molecule has 0 fully saturated rings. The summed E-state index contributed by atoms with van der Waals surface area (Å²) in [5.41, 5.74) is 0. The first-order valence-corrected chi connectivity index (χ1v) is 5.83. The first-order valence-electron chi connectivity index (χ1n) is 3.76. The van der Waals surface area contributed by atoms with Crippen LogP contribution in [-0.2, 0) is 19.7 Å². The maximum absolute atomic E-state index is 10.8. The Kier molecular flexibility index (Phi) is 9.20. The molecule has 2 N–H and O–H groups in total. The molecule has 0 aliphatic heterocycles. The van der Waals surface area contributed by atoms with Gasteiger partial charge in [-0.2, -0.15) is 4.21 Å². The van der Waals surface area contributed by atoms with Gasteiger partial charge in [0.25, 0.3) is 0 Å². The lowest BCUT2D eigenvalue weighted by atomic mass is 10.4. The normalized spacial score (nSPS) is 17.7. The summed E-state index contributed by atoms with van der Waals surface area (Å²) in [6, 6.07) is 0. The molecule has 0 aromatic rings. The van der Waals surface area contributed by atoms with Gasteiger partial charge >= 0.3 is 11.4 Å². The summed E-state index contributed by atoms with van der Waals surface area (Å²) >= 11 is 8.51. The van der Waals surface area contributed by atoms with E-state index in [0.29, 0.717) is 0 Å². The monoisotopic (exact) mass is 266 g/mol. The highest BCUT2D eigenvalue weighted by atomic mass is 35.5. The van der Waals surface area contributed by atoms with Crippen LogP contribution in [0.1, 0.15) is 0 Å². The average Bonchev–Trinajstić information content (AvgIpc) is 2.22. The van der Waals surface area contributed by atoms with Crippen LogP contribution in [0.3, 0.4) is 0 Å². The van der Waals surface area contributed by atoms with Gasteiger partial charge < -0.3 is 10.2 Å². The number of alkyl halides is 2. The minimum absolute atomic E-state index is 0.0124. The largest absolute Gasteiger partial charge is 0.389 e. The molecule has 5 nitrogen and oxygen atoms in total. The van der Waals surface area contributed by atoms with Crippen LogP contribution >= 0.6 is 23.2 Å². The number of hydrogen-bond acceptors (Lipinski definition) is 5. The highest BCUT2D eigenvalue weighted by Crippen LogP contribution is 1.97. The molecule has 0 aliphatic rings. The van der Waals surface area contributed by atoms with Crippen molar-refractivity contribution in [1.82, 2.24) is 0 Å². The Hall–Kier alpha value is 0.570. The van der Waals surface area contributed by atoms with E-state index < -0.39 is 23.6 Å². The van der Waals surface area contributed by atoms with Gasteiger partial charge in [-0.3, -0.25) is 8.37 Å². The predicted molar refractivity (Wildman–Crippen MR) is 53.5 cm³/mol. The molecule has 14 heavy (non-hydrogen) atoms. The van der Waals surface area contributed by atoms with E-state index in [2.05, 4.69) is 8.37 Å². The Balaban J connectivity index is 3.46. The maximum atomic E-state index is 10.8. The summed E-state index contributed by atoms with van der Waals surface area (Å²) in [4.78, 5) is 0. The minimum Gasteiger partial charge on any atom is -0.389 e. The van der Waals surface area contributed by atoms with Crippen molar-refractivity contribution in [2.45, 2.75) is 12.2 Å². The van der Waals surface area contributed by atoms with E-state index in [4.69, 9.17) is 33.4 Å². The Bertz CT molecular complexity index is 154. The third-order valence-electron chi connectivity index (χ3n) is 1.07. The molecule has 2 atom stereocenters. The summed E-state index contributed by atoms with van der Waals surface area (Å²) in [5.74, 6) is -0.0248. The molecule has 0 rings (SSSR count). The third kappa shape index (κ3) is 7.93. The van der Waals surface area contributed by atoms with Gasteiger partial charge in [0.2, 0.25) is 0 Å². The molecule has 0 bridgehead atoms. The lowest BCUT2D eigenvalue weighted by Gasteiger charge is -2.08. The fourth-order valence-corrected chi connectivity index (χ4v) is 1.17. The molecule has 86 valence electrons. The molecule has 0 aromatic carbocycles. The molecule has 2 unspecified atom stereocenters. The van der Waals surface area contributed by atoms with Crippen LogP contribution in [0.5, 0.6) is 0 Å². The molecule has 0 aromatic heterocycles. The van der Waals surface area contributed by atoms with E-state index in [1.54, 1.807) is 0 Å². The van der Waals surface area contributed by atoms with Crippen LogP contribution in [0.15, 0.2) is 0 Å². The van der Waals surface area contributed by atoms with Gasteiger partial charge in [0.05, 0.1) is 37.2 Å². The average molecular weight is 267 g/mol. The lowest BCUT2D eigenvalue weighted by Crippen LogP contribution is -2.21. The topological polar surface area (TPSA) is 76.0 Å². The third-order valence-corrected chi connectivity index (χ3v) is 2.44. The zero-order chi connectivity index (χ0) is 11.0. The summed E-state index contributed by atoms with van der Waals surface area (Å²) < 4.78 is 19.9. The molecule has 0 spiro atoms. The molecule has 0 radical (unpaired) electrons. The standard InChI is InChI=1S/C6H12Cl2O5S/c7-1-5(9)3-12-14(11)13-4-6(10)2-8/h5-6,9-10H,1-4H2. The lowest BCUT2D eigenvalue weighted by molar-refractivity contribution is 0.100. The van der Waals surface area contributed by atoms with E-state index in [0.717, 1.165) is 0 Å². The van der Waals surface area contributed by atoms with Gasteiger partial charge in [-0.15, -0.1) is 23.2 Å². The smallest absolute Gasteiger partial charge is 0.304 e. The number of aliphatic hydroxyl groups is 2. The first-order chi connectivity index (χ1) is 6.60. The van der Waals surface area contributed by atoms with E-state index in [1.165, 1.54) is 0 Å². The quantitative estimate of drug-likeness (QED) is 0.595. The number of rotatable bonds is 8. The second-order valence-corrected chi connectivity index (χ2v) is 3.89. The highest BCUT2D eigenvalue weighted by Gasteiger charge is 2.09. The summed E-state index contributed by atoms with van der Waals surface area (Å²) in [7, 11) is 0. The zero-order valence-corrected chi connectivity index (χ0v) is 9.59. The SMILES string of the molecule is O=S(OCC(O)CCl)OCC(O)CCl. The molecule has 0 amide bonds. The van der Waals surface area contributed by atoms with Crippen LogP contribution in [0.25, 0.3) is 0 Å². The van der Waals surface area contributed by atoms with E-state index in [-0.39, 0.29) is 25.0 Å². The Morgan fingerprint density at radius 2 is 1.43 bits per heavy atom. The van der Waals surface area contributed by atoms with Gasteiger partial charge in [0, 0.05) is 0 Å². The van der Waals surface area contributed by atoms with E-state index in [9.17, 15) is 4.21 Å². The highest BCUT2D eigenvalue weighted by molar-refractivity contribution is 7.75. The van der Waals surface area contributed by atoms with Crippen LogP contribution in [0.2, 0.25) is 0 Å². The van der Waals surface area contributed by atoms with E-state index in [1.807, 2.05) is 0 Å². The van der Waals surface area contributed by atoms with Crippen LogP contribution in [0, 0.1) is 0 Å². The fourth-order valence-electron chi connectivity index (χ4n) is 0.391. The summed E-state index contributed by atoms with van der Waals surface area (Å²) in [6.45, 7) is -0.375. The molecule has 8 heteroatoms. The molecular formula is C6H12Cl2O5S. The van der Waals surface area contributed by atoms with Gasteiger partial charge in [0.15, 0.2) is 0 Å². The number of hydrogen-bond donors (Lipinski definition) is 2. The second-order valence-electron chi connectivity index (χ2n) is 2.39. The van der Waals surface area contributed by atoms with Crippen LogP contribution < -0.4 is 0 Å². The van der Waals surface area contributed by atoms with Crippen LogP contribution in [0.4, 0.5) is 0 Å². The van der Waals surface area contributed by atoms with Crippen LogP contribution in [-0.4, -0.2) is 51.6 Å². The van der Waals surface area contributed by atoms with Gasteiger partial charge in [-0.05, 0) is 0 Å². The Labute approximate surface area is 94.8 Å². The van der Waals surface area contributed by atoms with Crippen molar-refractivity contribution in [1.29, 1.82) is 0 Å². The Morgan fingerprint density at radius 3 is 1.71 bits per heavy atom.